The van der Waals surface area contributed by atoms with Crippen LogP contribution in [0.5, 0.6) is 0 Å². The summed E-state index contributed by atoms with van der Waals surface area (Å²) in [6.45, 7) is 6.35. The Morgan fingerprint density at radius 2 is 1.92 bits per heavy atom. The molecule has 6 heteroatoms. The molecule has 0 aromatic heterocycles. The fourth-order valence-corrected chi connectivity index (χ4v) is 2.13. The summed E-state index contributed by atoms with van der Waals surface area (Å²) in [7, 11) is 0. The highest BCUT2D eigenvalue weighted by Crippen LogP contribution is 2.10. The van der Waals surface area contributed by atoms with Gasteiger partial charge in [-0.05, 0) is 62.8 Å². The Hall–Kier alpha value is -2.73. The summed E-state index contributed by atoms with van der Waals surface area (Å²) in [6, 6.07) is 6.68. The highest BCUT2D eigenvalue weighted by Gasteiger charge is 2.04. The molecule has 2 amide bonds. The van der Waals surface area contributed by atoms with E-state index in [1.54, 1.807) is 30.5 Å². The first-order valence-electron chi connectivity index (χ1n) is 8.59. The van der Waals surface area contributed by atoms with E-state index in [1.165, 1.54) is 23.2 Å². The van der Waals surface area contributed by atoms with Crippen LogP contribution in [0.2, 0.25) is 0 Å². The molecule has 1 aromatic carbocycles. The minimum absolute atomic E-state index is 0.290. The molecule has 0 aliphatic heterocycles. The number of amides is 2. The SMILES string of the molecule is CC(C)=CCC[C@@H](C)C/C=N/NC(=O)c1ccc(/C=C/C(=O)NO)cc1. The van der Waals surface area contributed by atoms with Crippen LogP contribution in [0, 0.1) is 5.92 Å². The Kier molecular flexibility index (Phi) is 9.64. The number of allylic oxidation sites excluding steroid dienone is 2. The second-order valence-corrected chi connectivity index (χ2v) is 6.38. The van der Waals surface area contributed by atoms with Gasteiger partial charge in [0.15, 0.2) is 0 Å². The molecule has 0 radical (unpaired) electrons. The van der Waals surface area contributed by atoms with Crippen LogP contribution in [-0.2, 0) is 4.79 Å². The van der Waals surface area contributed by atoms with Crippen LogP contribution >= 0.6 is 0 Å². The van der Waals surface area contributed by atoms with E-state index in [9.17, 15) is 9.59 Å². The summed E-state index contributed by atoms with van der Waals surface area (Å²) < 4.78 is 0. The molecule has 0 bridgehead atoms. The van der Waals surface area contributed by atoms with Gasteiger partial charge in [0, 0.05) is 17.9 Å². The smallest absolute Gasteiger partial charge is 0.271 e. The zero-order chi connectivity index (χ0) is 19.4. The summed E-state index contributed by atoms with van der Waals surface area (Å²) in [5.74, 6) is -0.397. The van der Waals surface area contributed by atoms with Crippen molar-refractivity contribution in [3.8, 4) is 0 Å². The maximum absolute atomic E-state index is 12.0. The molecule has 140 valence electrons. The third kappa shape index (κ3) is 8.94. The third-order valence-electron chi connectivity index (χ3n) is 3.69. The van der Waals surface area contributed by atoms with E-state index in [2.05, 4.69) is 37.4 Å². The zero-order valence-corrected chi connectivity index (χ0v) is 15.5. The molecule has 0 fully saturated rings. The Morgan fingerprint density at radius 3 is 2.54 bits per heavy atom. The molecule has 0 saturated heterocycles. The van der Waals surface area contributed by atoms with Gasteiger partial charge in [-0.3, -0.25) is 14.8 Å². The van der Waals surface area contributed by atoms with E-state index in [4.69, 9.17) is 5.21 Å². The predicted molar refractivity (Wildman–Crippen MR) is 104 cm³/mol. The molecule has 6 nitrogen and oxygen atoms in total. The van der Waals surface area contributed by atoms with Gasteiger partial charge in [-0.1, -0.05) is 30.7 Å². The van der Waals surface area contributed by atoms with Gasteiger partial charge in [0.05, 0.1) is 0 Å². The van der Waals surface area contributed by atoms with Gasteiger partial charge < -0.3 is 0 Å². The van der Waals surface area contributed by atoms with E-state index in [0.717, 1.165) is 24.8 Å². The van der Waals surface area contributed by atoms with Gasteiger partial charge in [0.2, 0.25) is 0 Å². The lowest BCUT2D eigenvalue weighted by Crippen LogP contribution is -2.17. The first kappa shape index (κ1) is 21.3. The Morgan fingerprint density at radius 1 is 1.23 bits per heavy atom. The van der Waals surface area contributed by atoms with Crippen LogP contribution in [0.25, 0.3) is 6.08 Å². The van der Waals surface area contributed by atoms with Gasteiger partial charge in [0.25, 0.3) is 11.8 Å². The molecule has 0 aliphatic rings. The van der Waals surface area contributed by atoms with Crippen LogP contribution in [0.3, 0.4) is 0 Å². The maximum atomic E-state index is 12.0. The Labute approximate surface area is 154 Å². The number of hydrogen-bond acceptors (Lipinski definition) is 4. The van der Waals surface area contributed by atoms with Gasteiger partial charge in [-0.25, -0.2) is 10.9 Å². The van der Waals surface area contributed by atoms with Crippen LogP contribution in [0.4, 0.5) is 0 Å². The second kappa shape index (κ2) is 11.8. The number of nitrogens with zero attached hydrogens (tertiary/aromatic N) is 1. The summed E-state index contributed by atoms with van der Waals surface area (Å²) in [4.78, 5) is 22.9. The van der Waals surface area contributed by atoms with Crippen molar-refractivity contribution in [3.63, 3.8) is 0 Å². The normalized spacial score (nSPS) is 12.2. The van der Waals surface area contributed by atoms with E-state index in [1.807, 2.05) is 0 Å². The largest absolute Gasteiger partial charge is 0.288 e. The van der Waals surface area contributed by atoms with Crippen molar-refractivity contribution < 1.29 is 14.8 Å². The van der Waals surface area contributed by atoms with E-state index in [0.29, 0.717) is 11.5 Å². The number of hydrogen-bond donors (Lipinski definition) is 3. The topological polar surface area (TPSA) is 90.8 Å². The number of benzene rings is 1. The minimum Gasteiger partial charge on any atom is -0.288 e. The Balaban J connectivity index is 2.42. The Bertz CT molecular complexity index is 672. The number of carbonyl (C=O) groups is 2. The fourth-order valence-electron chi connectivity index (χ4n) is 2.13. The fraction of sp³-hybridized carbons (Fsp3) is 0.350. The average molecular weight is 357 g/mol. The molecule has 0 heterocycles. The predicted octanol–water partition coefficient (Wildman–Crippen LogP) is 3.69. The molecule has 0 unspecified atom stereocenters. The van der Waals surface area contributed by atoms with Gasteiger partial charge in [-0.15, -0.1) is 0 Å². The summed E-state index contributed by atoms with van der Waals surface area (Å²) in [5.41, 5.74) is 6.56. The molecule has 1 rings (SSSR count). The molecule has 0 spiro atoms. The minimum atomic E-state index is -0.615. The molecule has 0 saturated carbocycles. The van der Waals surface area contributed by atoms with Crippen molar-refractivity contribution in [2.24, 2.45) is 11.0 Å². The number of hydroxylamine groups is 1. The first-order valence-corrected chi connectivity index (χ1v) is 8.59. The molecule has 1 aromatic rings. The van der Waals surface area contributed by atoms with Crippen LogP contribution in [0.15, 0.2) is 47.1 Å². The summed E-state index contributed by atoms with van der Waals surface area (Å²) in [5, 5.41) is 12.4. The highest BCUT2D eigenvalue weighted by molar-refractivity contribution is 5.95. The van der Waals surface area contributed by atoms with Crippen LogP contribution in [-0.4, -0.2) is 23.2 Å². The maximum Gasteiger partial charge on any atom is 0.271 e. The van der Waals surface area contributed by atoms with Gasteiger partial charge >= 0.3 is 0 Å². The van der Waals surface area contributed by atoms with Crippen molar-refractivity contribution in [1.29, 1.82) is 0 Å². The highest BCUT2D eigenvalue weighted by atomic mass is 16.5. The molecule has 0 aliphatic carbocycles. The number of carbonyl (C=O) groups excluding carboxylic acids is 2. The average Bonchev–Trinajstić information content (AvgIpc) is 2.63. The molecule has 26 heavy (non-hydrogen) atoms. The van der Waals surface area contributed by atoms with Crippen LogP contribution in [0.1, 0.15) is 56.0 Å². The van der Waals surface area contributed by atoms with E-state index >= 15 is 0 Å². The van der Waals surface area contributed by atoms with Crippen molar-refractivity contribution in [3.05, 3.63) is 53.1 Å². The standard InChI is InChI=1S/C20H27N3O3/c1-15(2)5-4-6-16(3)13-14-21-22-20(25)18-10-7-17(8-11-18)9-12-19(24)23-26/h5,7-12,14,16,26H,4,6,13H2,1-3H3,(H,22,25)(H,23,24)/b12-9+,21-14+/t16-/m1/s1. The number of hydrazone groups is 1. The van der Waals surface area contributed by atoms with Crippen molar-refractivity contribution >= 4 is 24.1 Å². The van der Waals surface area contributed by atoms with Crippen molar-refractivity contribution in [1.82, 2.24) is 10.9 Å². The first-order chi connectivity index (χ1) is 12.4. The third-order valence-corrected chi connectivity index (χ3v) is 3.69. The lowest BCUT2D eigenvalue weighted by Gasteiger charge is -2.06. The van der Waals surface area contributed by atoms with E-state index in [-0.39, 0.29) is 5.91 Å². The number of rotatable bonds is 9. The lowest BCUT2D eigenvalue weighted by atomic mass is 10.0. The van der Waals surface area contributed by atoms with Crippen LogP contribution < -0.4 is 10.9 Å². The van der Waals surface area contributed by atoms with E-state index < -0.39 is 5.91 Å². The monoisotopic (exact) mass is 357 g/mol. The van der Waals surface area contributed by atoms with Crippen molar-refractivity contribution in [2.45, 2.75) is 40.0 Å². The molecular formula is C20H27N3O3. The summed E-state index contributed by atoms with van der Waals surface area (Å²) in [6.07, 6.45) is 9.65. The lowest BCUT2D eigenvalue weighted by molar-refractivity contribution is -0.124. The molecular weight excluding hydrogens is 330 g/mol. The molecule has 1 atom stereocenters. The van der Waals surface area contributed by atoms with Gasteiger partial charge in [0.1, 0.15) is 0 Å². The second-order valence-electron chi connectivity index (χ2n) is 6.38. The van der Waals surface area contributed by atoms with Crippen molar-refractivity contribution in [2.75, 3.05) is 0 Å². The van der Waals surface area contributed by atoms with Gasteiger partial charge in [-0.2, -0.15) is 5.10 Å². The quantitative estimate of drug-likeness (QED) is 0.207. The zero-order valence-electron chi connectivity index (χ0n) is 15.5. The summed E-state index contributed by atoms with van der Waals surface area (Å²) >= 11 is 0. The number of nitrogens with one attached hydrogen (secondary N) is 2. The molecule has 3 N–H and O–H groups in total.